The van der Waals surface area contributed by atoms with Gasteiger partial charge in [-0.15, -0.1) is 0 Å². The van der Waals surface area contributed by atoms with Gasteiger partial charge in [-0.3, -0.25) is 9.59 Å². The summed E-state index contributed by atoms with van der Waals surface area (Å²) in [4.78, 5) is 24.4. The lowest BCUT2D eigenvalue weighted by Gasteiger charge is -2.29. The van der Waals surface area contributed by atoms with Crippen LogP contribution in [0.3, 0.4) is 0 Å². The molecule has 0 aliphatic carbocycles. The van der Waals surface area contributed by atoms with Crippen molar-refractivity contribution in [2.45, 2.75) is 86.0 Å². The second-order valence-electron chi connectivity index (χ2n) is 7.11. The predicted octanol–water partition coefficient (Wildman–Crippen LogP) is 4.94. The molecule has 4 nitrogen and oxygen atoms in total. The number of esters is 1. The second-order valence-corrected chi connectivity index (χ2v) is 7.11. The van der Waals surface area contributed by atoms with E-state index in [0.29, 0.717) is 26.1 Å². The number of ketones is 1. The summed E-state index contributed by atoms with van der Waals surface area (Å²) in [5, 5.41) is 0. The minimum Gasteiger partial charge on any atom is -0.462 e. The average molecular weight is 343 g/mol. The molecule has 0 aliphatic heterocycles. The van der Waals surface area contributed by atoms with Crippen LogP contribution in [0.25, 0.3) is 0 Å². The Morgan fingerprint density at radius 3 is 2.08 bits per heavy atom. The molecule has 0 aliphatic rings. The third kappa shape index (κ3) is 8.81. The van der Waals surface area contributed by atoms with E-state index in [1.807, 2.05) is 20.8 Å². The third-order valence-electron chi connectivity index (χ3n) is 4.53. The number of unbranched alkanes of at least 4 members (excludes halogenated alkanes) is 5. The van der Waals surface area contributed by atoms with Crippen molar-refractivity contribution in [2.24, 2.45) is 11.3 Å². The normalized spacial score (nSPS) is 13.8. The molecule has 0 amide bonds. The molecule has 4 heteroatoms. The number of ether oxygens (including phenoxy) is 2. The maximum atomic E-state index is 12.4. The maximum Gasteiger partial charge on any atom is 0.319 e. The zero-order chi connectivity index (χ0) is 18.4. The van der Waals surface area contributed by atoms with Crippen LogP contribution in [-0.2, 0) is 19.1 Å². The Labute approximate surface area is 148 Å². The predicted molar refractivity (Wildman–Crippen MR) is 98.0 cm³/mol. The fourth-order valence-electron chi connectivity index (χ4n) is 3.02. The Bertz CT molecular complexity index is 352. The average Bonchev–Trinajstić information content (AvgIpc) is 2.53. The third-order valence-corrected chi connectivity index (χ3v) is 4.53. The highest BCUT2D eigenvalue weighted by Gasteiger charge is 2.43. The van der Waals surface area contributed by atoms with Gasteiger partial charge in [0.1, 0.15) is 17.8 Å². The Hall–Kier alpha value is -0.900. The number of carbonyl (C=O) groups is 2. The molecule has 0 N–H and O–H groups in total. The van der Waals surface area contributed by atoms with Gasteiger partial charge in [-0.2, -0.15) is 0 Å². The largest absolute Gasteiger partial charge is 0.462 e. The van der Waals surface area contributed by atoms with E-state index in [1.165, 1.54) is 39.0 Å². The van der Waals surface area contributed by atoms with Gasteiger partial charge in [0.2, 0.25) is 0 Å². The van der Waals surface area contributed by atoms with E-state index in [9.17, 15) is 9.59 Å². The molecule has 0 radical (unpaired) electrons. The first kappa shape index (κ1) is 23.1. The highest BCUT2D eigenvalue weighted by Crippen LogP contribution is 2.33. The molecule has 0 bridgehead atoms. The van der Waals surface area contributed by atoms with Crippen LogP contribution < -0.4 is 0 Å². The van der Waals surface area contributed by atoms with Crippen molar-refractivity contribution in [1.82, 2.24) is 0 Å². The van der Waals surface area contributed by atoms with E-state index in [0.717, 1.165) is 6.42 Å². The minimum absolute atomic E-state index is 0.100. The molecule has 0 rings (SSSR count). The van der Waals surface area contributed by atoms with Gasteiger partial charge in [-0.1, -0.05) is 59.8 Å². The summed E-state index contributed by atoms with van der Waals surface area (Å²) in [6.07, 6.45) is 8.40. The Kier molecular flexibility index (Phi) is 12.9. The molecule has 142 valence electrons. The van der Waals surface area contributed by atoms with Gasteiger partial charge in [0.15, 0.2) is 0 Å². The minimum atomic E-state index is -0.993. The first-order chi connectivity index (χ1) is 11.4. The van der Waals surface area contributed by atoms with Crippen LogP contribution in [0.15, 0.2) is 0 Å². The van der Waals surface area contributed by atoms with Gasteiger partial charge in [0.25, 0.3) is 0 Å². The molecular formula is C20H38O4. The highest BCUT2D eigenvalue weighted by molar-refractivity contribution is 6.02. The van der Waals surface area contributed by atoms with Gasteiger partial charge in [0.05, 0.1) is 6.61 Å². The second kappa shape index (κ2) is 13.4. The molecule has 0 aromatic rings. The molecule has 1 atom stereocenters. The first-order valence-electron chi connectivity index (χ1n) is 9.66. The van der Waals surface area contributed by atoms with Crippen molar-refractivity contribution in [3.63, 3.8) is 0 Å². The van der Waals surface area contributed by atoms with Crippen molar-refractivity contribution in [2.75, 3.05) is 19.8 Å². The molecule has 0 fully saturated rings. The SMILES string of the molecule is CCCCCCCCOCCOC(=O)C(CC)(CC(C)C)C(C)=O. The number of hydrogen-bond acceptors (Lipinski definition) is 4. The Morgan fingerprint density at radius 1 is 0.917 bits per heavy atom. The lowest BCUT2D eigenvalue weighted by atomic mass is 9.75. The van der Waals surface area contributed by atoms with Crippen molar-refractivity contribution < 1.29 is 19.1 Å². The molecule has 0 heterocycles. The Balaban J connectivity index is 3.99. The van der Waals surface area contributed by atoms with Crippen molar-refractivity contribution in [1.29, 1.82) is 0 Å². The van der Waals surface area contributed by atoms with Gasteiger partial charge in [-0.25, -0.2) is 0 Å². The molecule has 0 spiro atoms. The van der Waals surface area contributed by atoms with E-state index >= 15 is 0 Å². The molecule has 0 saturated heterocycles. The van der Waals surface area contributed by atoms with Crippen LogP contribution in [0, 0.1) is 11.3 Å². The van der Waals surface area contributed by atoms with Crippen LogP contribution >= 0.6 is 0 Å². The molecular weight excluding hydrogens is 304 g/mol. The molecule has 0 aromatic heterocycles. The van der Waals surface area contributed by atoms with Crippen molar-refractivity contribution in [3.05, 3.63) is 0 Å². The molecule has 1 unspecified atom stereocenters. The topological polar surface area (TPSA) is 52.6 Å². The van der Waals surface area contributed by atoms with Crippen LogP contribution in [0.2, 0.25) is 0 Å². The van der Waals surface area contributed by atoms with Crippen molar-refractivity contribution >= 4 is 11.8 Å². The Morgan fingerprint density at radius 2 is 1.54 bits per heavy atom. The van der Waals surface area contributed by atoms with Gasteiger partial charge >= 0.3 is 5.97 Å². The van der Waals surface area contributed by atoms with Gasteiger partial charge < -0.3 is 9.47 Å². The fourth-order valence-corrected chi connectivity index (χ4v) is 3.02. The highest BCUT2D eigenvalue weighted by atomic mass is 16.6. The van der Waals surface area contributed by atoms with Crippen LogP contribution in [0.1, 0.15) is 86.0 Å². The molecule has 0 saturated carbocycles. The summed E-state index contributed by atoms with van der Waals surface area (Å²) in [6, 6.07) is 0. The van der Waals surface area contributed by atoms with Crippen molar-refractivity contribution in [3.8, 4) is 0 Å². The van der Waals surface area contributed by atoms with Crippen LogP contribution in [-0.4, -0.2) is 31.6 Å². The van der Waals surface area contributed by atoms with Gasteiger partial charge in [-0.05, 0) is 32.1 Å². The van der Waals surface area contributed by atoms with E-state index in [-0.39, 0.29) is 18.3 Å². The van der Waals surface area contributed by atoms with E-state index < -0.39 is 11.4 Å². The fraction of sp³-hybridized carbons (Fsp3) is 0.900. The maximum absolute atomic E-state index is 12.4. The first-order valence-corrected chi connectivity index (χ1v) is 9.66. The summed E-state index contributed by atoms with van der Waals surface area (Å²) in [6.45, 7) is 10.9. The lowest BCUT2D eigenvalue weighted by Crippen LogP contribution is -2.40. The monoisotopic (exact) mass is 342 g/mol. The smallest absolute Gasteiger partial charge is 0.319 e. The zero-order valence-corrected chi connectivity index (χ0v) is 16.5. The lowest BCUT2D eigenvalue weighted by molar-refractivity contribution is -0.163. The van der Waals surface area contributed by atoms with E-state index in [4.69, 9.17) is 9.47 Å². The summed E-state index contributed by atoms with van der Waals surface area (Å²) < 4.78 is 10.9. The standard InChI is InChI=1S/C20H38O4/c1-6-8-9-10-11-12-13-23-14-15-24-19(22)20(7-2,18(5)21)16-17(3)4/h17H,6-16H2,1-5H3. The van der Waals surface area contributed by atoms with Crippen LogP contribution in [0.4, 0.5) is 0 Å². The van der Waals surface area contributed by atoms with E-state index in [1.54, 1.807) is 0 Å². The molecule has 0 aromatic carbocycles. The quantitative estimate of drug-likeness (QED) is 0.240. The van der Waals surface area contributed by atoms with Crippen LogP contribution in [0.5, 0.6) is 0 Å². The van der Waals surface area contributed by atoms with Gasteiger partial charge in [0, 0.05) is 6.61 Å². The summed E-state index contributed by atoms with van der Waals surface area (Å²) in [7, 11) is 0. The number of carbonyl (C=O) groups excluding carboxylic acids is 2. The zero-order valence-electron chi connectivity index (χ0n) is 16.5. The number of rotatable bonds is 15. The summed E-state index contributed by atoms with van der Waals surface area (Å²) in [5.74, 6) is -0.226. The number of Topliss-reactive ketones (excluding diaryl/α,β-unsaturated/α-hetero) is 1. The number of hydrogen-bond donors (Lipinski definition) is 0. The summed E-state index contributed by atoms with van der Waals surface area (Å²) >= 11 is 0. The van der Waals surface area contributed by atoms with E-state index in [2.05, 4.69) is 6.92 Å². The summed E-state index contributed by atoms with van der Waals surface area (Å²) in [5.41, 5.74) is -0.993. The molecule has 24 heavy (non-hydrogen) atoms.